The highest BCUT2D eigenvalue weighted by Crippen LogP contribution is 2.26. The molecule has 1 unspecified atom stereocenters. The molecule has 0 aromatic carbocycles. The largest absolute Gasteiger partial charge is 0.338 e. The van der Waals surface area contributed by atoms with Crippen LogP contribution in [0.25, 0.3) is 11.5 Å². The molecule has 2 heterocycles. The lowest BCUT2D eigenvalue weighted by molar-refractivity contribution is 0.291. The van der Waals surface area contributed by atoms with Crippen molar-refractivity contribution in [1.82, 2.24) is 20.1 Å². The van der Waals surface area contributed by atoms with Gasteiger partial charge in [0, 0.05) is 12.7 Å². The van der Waals surface area contributed by atoms with E-state index in [2.05, 4.69) is 20.1 Å². The summed E-state index contributed by atoms with van der Waals surface area (Å²) in [4.78, 5) is 12.3. The van der Waals surface area contributed by atoms with Gasteiger partial charge in [-0.25, -0.2) is 9.97 Å². The average Bonchev–Trinajstić information content (AvgIpc) is 2.89. The second kappa shape index (κ2) is 4.58. The van der Waals surface area contributed by atoms with Crippen LogP contribution in [0.1, 0.15) is 26.2 Å². The van der Waals surface area contributed by atoms with Crippen molar-refractivity contribution in [2.24, 2.45) is 5.73 Å². The van der Waals surface area contributed by atoms with Crippen LogP contribution in [-0.2, 0) is 5.41 Å². The minimum absolute atomic E-state index is 0.279. The molecular weight excluding hydrogens is 218 g/mol. The van der Waals surface area contributed by atoms with Gasteiger partial charge in [-0.15, -0.1) is 0 Å². The molecule has 2 N–H and O–H groups in total. The normalized spacial score (nSPS) is 14.5. The fraction of sp³-hybridized carbons (Fsp3) is 0.455. The maximum atomic E-state index is 5.74. The molecule has 0 aliphatic heterocycles. The molecule has 0 saturated heterocycles. The van der Waals surface area contributed by atoms with E-state index in [1.54, 1.807) is 12.3 Å². The third-order valence-corrected chi connectivity index (χ3v) is 2.98. The van der Waals surface area contributed by atoms with Gasteiger partial charge in [-0.3, -0.25) is 0 Å². The van der Waals surface area contributed by atoms with E-state index in [1.165, 1.54) is 6.33 Å². The Morgan fingerprint density at radius 3 is 2.88 bits per heavy atom. The van der Waals surface area contributed by atoms with Crippen molar-refractivity contribution >= 4 is 0 Å². The van der Waals surface area contributed by atoms with E-state index >= 15 is 0 Å². The molecule has 0 bridgehead atoms. The molecule has 2 aromatic heterocycles. The second-order valence-electron chi connectivity index (χ2n) is 4.14. The first-order valence-corrected chi connectivity index (χ1v) is 5.50. The Labute approximate surface area is 99.3 Å². The van der Waals surface area contributed by atoms with Crippen molar-refractivity contribution in [2.45, 2.75) is 25.7 Å². The van der Waals surface area contributed by atoms with Crippen LogP contribution in [0.15, 0.2) is 23.1 Å². The highest BCUT2D eigenvalue weighted by Gasteiger charge is 2.29. The summed E-state index contributed by atoms with van der Waals surface area (Å²) >= 11 is 0. The summed E-state index contributed by atoms with van der Waals surface area (Å²) < 4.78 is 5.26. The highest BCUT2D eigenvalue weighted by molar-refractivity contribution is 5.46. The average molecular weight is 233 g/mol. The number of hydrogen-bond acceptors (Lipinski definition) is 6. The molecular formula is C11H15N5O. The van der Waals surface area contributed by atoms with Crippen molar-refractivity contribution in [3.8, 4) is 11.5 Å². The Morgan fingerprint density at radius 2 is 2.29 bits per heavy atom. The van der Waals surface area contributed by atoms with Crippen LogP contribution in [0, 0.1) is 0 Å². The van der Waals surface area contributed by atoms with Gasteiger partial charge in [0.05, 0.1) is 5.41 Å². The van der Waals surface area contributed by atoms with Gasteiger partial charge in [-0.05, 0) is 19.4 Å². The predicted octanol–water partition coefficient (Wildman–Crippen LogP) is 1.15. The molecule has 2 rings (SSSR count). The van der Waals surface area contributed by atoms with Crippen LogP contribution < -0.4 is 5.73 Å². The predicted molar refractivity (Wildman–Crippen MR) is 62.0 cm³/mol. The summed E-state index contributed by atoms with van der Waals surface area (Å²) in [5.74, 6) is 1.02. The minimum atomic E-state index is -0.279. The summed E-state index contributed by atoms with van der Waals surface area (Å²) in [6.45, 7) is 4.51. The summed E-state index contributed by atoms with van der Waals surface area (Å²) in [5, 5.41) is 3.92. The van der Waals surface area contributed by atoms with E-state index in [0.717, 1.165) is 6.42 Å². The molecule has 0 aliphatic carbocycles. The molecule has 0 aliphatic rings. The van der Waals surface area contributed by atoms with Crippen molar-refractivity contribution < 1.29 is 4.52 Å². The third-order valence-electron chi connectivity index (χ3n) is 2.98. The van der Waals surface area contributed by atoms with Gasteiger partial charge >= 0.3 is 0 Å². The zero-order valence-electron chi connectivity index (χ0n) is 9.92. The van der Waals surface area contributed by atoms with E-state index in [0.29, 0.717) is 24.0 Å². The van der Waals surface area contributed by atoms with Crippen LogP contribution in [0.2, 0.25) is 0 Å². The summed E-state index contributed by atoms with van der Waals surface area (Å²) in [7, 11) is 0. The van der Waals surface area contributed by atoms with Gasteiger partial charge < -0.3 is 10.3 Å². The number of nitrogens with two attached hydrogens (primary N) is 1. The number of nitrogens with zero attached hydrogens (tertiary/aromatic N) is 4. The van der Waals surface area contributed by atoms with Gasteiger partial charge in [0.2, 0.25) is 11.7 Å². The standard InChI is InChI=1S/C11H15N5O/c1-3-11(2,6-12)10-15-9(16-17-10)8-4-5-13-7-14-8/h4-5,7H,3,6,12H2,1-2H3. The Bertz CT molecular complexity index is 478. The fourth-order valence-corrected chi connectivity index (χ4v) is 1.38. The number of rotatable bonds is 4. The Balaban J connectivity index is 2.34. The Morgan fingerprint density at radius 1 is 1.47 bits per heavy atom. The fourth-order valence-electron chi connectivity index (χ4n) is 1.38. The summed E-state index contributed by atoms with van der Waals surface area (Å²) in [5.41, 5.74) is 6.11. The Kier molecular flexibility index (Phi) is 3.14. The van der Waals surface area contributed by atoms with E-state index < -0.39 is 0 Å². The van der Waals surface area contributed by atoms with Crippen molar-refractivity contribution in [3.63, 3.8) is 0 Å². The Hall–Kier alpha value is -1.82. The molecule has 17 heavy (non-hydrogen) atoms. The molecule has 6 nitrogen and oxygen atoms in total. The van der Waals surface area contributed by atoms with E-state index in [-0.39, 0.29) is 5.41 Å². The zero-order valence-corrected chi connectivity index (χ0v) is 9.92. The van der Waals surface area contributed by atoms with Crippen molar-refractivity contribution in [3.05, 3.63) is 24.5 Å². The first-order valence-electron chi connectivity index (χ1n) is 5.50. The van der Waals surface area contributed by atoms with Crippen LogP contribution in [0.5, 0.6) is 0 Å². The zero-order chi connectivity index (χ0) is 12.3. The van der Waals surface area contributed by atoms with Crippen molar-refractivity contribution in [2.75, 3.05) is 6.54 Å². The smallest absolute Gasteiger partial charge is 0.234 e. The molecule has 0 saturated carbocycles. The number of aromatic nitrogens is 4. The minimum Gasteiger partial charge on any atom is -0.338 e. The lowest BCUT2D eigenvalue weighted by Crippen LogP contribution is -2.31. The monoisotopic (exact) mass is 233 g/mol. The van der Waals surface area contributed by atoms with Gasteiger partial charge in [-0.2, -0.15) is 4.98 Å². The van der Waals surface area contributed by atoms with E-state index in [1.807, 2.05) is 13.8 Å². The molecule has 2 aromatic rings. The molecule has 1 atom stereocenters. The maximum absolute atomic E-state index is 5.74. The molecule has 90 valence electrons. The van der Waals surface area contributed by atoms with Crippen LogP contribution in [0.4, 0.5) is 0 Å². The highest BCUT2D eigenvalue weighted by atomic mass is 16.5. The van der Waals surface area contributed by atoms with Crippen LogP contribution >= 0.6 is 0 Å². The van der Waals surface area contributed by atoms with Gasteiger partial charge in [0.25, 0.3) is 0 Å². The quantitative estimate of drug-likeness (QED) is 0.851. The van der Waals surface area contributed by atoms with Gasteiger partial charge in [0.1, 0.15) is 12.0 Å². The van der Waals surface area contributed by atoms with Gasteiger partial charge in [-0.1, -0.05) is 12.1 Å². The van der Waals surface area contributed by atoms with Crippen LogP contribution in [0.3, 0.4) is 0 Å². The summed E-state index contributed by atoms with van der Waals surface area (Å²) in [6, 6.07) is 1.74. The summed E-state index contributed by atoms with van der Waals surface area (Å²) in [6.07, 6.45) is 3.93. The topological polar surface area (TPSA) is 90.7 Å². The molecule has 6 heteroatoms. The first-order chi connectivity index (χ1) is 8.19. The second-order valence-corrected chi connectivity index (χ2v) is 4.14. The maximum Gasteiger partial charge on any atom is 0.234 e. The lowest BCUT2D eigenvalue weighted by atomic mass is 9.88. The number of hydrogen-bond donors (Lipinski definition) is 1. The van der Waals surface area contributed by atoms with Gasteiger partial charge in [0.15, 0.2) is 0 Å². The van der Waals surface area contributed by atoms with Crippen LogP contribution in [-0.4, -0.2) is 26.7 Å². The van der Waals surface area contributed by atoms with E-state index in [9.17, 15) is 0 Å². The van der Waals surface area contributed by atoms with Crippen molar-refractivity contribution in [1.29, 1.82) is 0 Å². The van der Waals surface area contributed by atoms with E-state index in [4.69, 9.17) is 10.3 Å². The molecule has 0 radical (unpaired) electrons. The SMILES string of the molecule is CCC(C)(CN)c1nc(-c2ccncn2)no1. The first kappa shape index (κ1) is 11.7. The third kappa shape index (κ3) is 2.16. The molecule has 0 amide bonds. The molecule has 0 fully saturated rings. The lowest BCUT2D eigenvalue weighted by Gasteiger charge is -2.20. The molecule has 0 spiro atoms.